The third kappa shape index (κ3) is 3.87. The molecule has 5 nitrogen and oxygen atoms in total. The highest BCUT2D eigenvalue weighted by atomic mass is 19.3. The zero-order valence-electron chi connectivity index (χ0n) is 13.5. The number of nitrogens with zero attached hydrogens (tertiary/aromatic N) is 1. The molecule has 0 fully saturated rings. The summed E-state index contributed by atoms with van der Waals surface area (Å²) in [7, 11) is 0. The number of carbonyl (C=O) groups excluding carboxylic acids is 1. The molecule has 2 aromatic rings. The van der Waals surface area contributed by atoms with E-state index in [2.05, 4.69) is 20.3 Å². The summed E-state index contributed by atoms with van der Waals surface area (Å²) < 4.78 is 42.9. The van der Waals surface area contributed by atoms with E-state index in [1.54, 1.807) is 20.8 Å². The maximum atomic E-state index is 13.9. The van der Waals surface area contributed by atoms with Crippen LogP contribution < -0.4 is 10.1 Å². The standard InChI is InChI=1S/C16H18F3N3O2/c1-8(14-9(2)21-22-10(14)3)15(23)20-7-11-12(17)5-4-6-13(11)24-16(18)19/h4-6,8,16H,7H2,1-3H3,(H,20,23)(H,21,22). The van der Waals surface area contributed by atoms with Gasteiger partial charge in [0.2, 0.25) is 5.91 Å². The molecule has 0 saturated carbocycles. The van der Waals surface area contributed by atoms with Crippen molar-refractivity contribution in [2.24, 2.45) is 0 Å². The Bertz CT molecular complexity index is 712. The summed E-state index contributed by atoms with van der Waals surface area (Å²) in [6.07, 6.45) is 0. The zero-order valence-corrected chi connectivity index (χ0v) is 13.5. The number of nitrogens with one attached hydrogen (secondary N) is 2. The Morgan fingerprint density at radius 1 is 1.38 bits per heavy atom. The van der Waals surface area contributed by atoms with Crippen LogP contribution in [0.1, 0.15) is 35.4 Å². The highest BCUT2D eigenvalue weighted by Gasteiger charge is 2.22. The molecule has 1 aromatic heterocycles. The van der Waals surface area contributed by atoms with Gasteiger partial charge in [0.15, 0.2) is 0 Å². The van der Waals surface area contributed by atoms with Crippen molar-refractivity contribution < 1.29 is 22.7 Å². The molecular weight excluding hydrogens is 323 g/mol. The van der Waals surface area contributed by atoms with E-state index in [0.717, 1.165) is 17.3 Å². The number of benzene rings is 1. The fourth-order valence-electron chi connectivity index (χ4n) is 2.57. The van der Waals surface area contributed by atoms with Gasteiger partial charge in [0.05, 0.1) is 11.6 Å². The molecule has 2 N–H and O–H groups in total. The molecule has 2 rings (SSSR count). The Labute approximate surface area is 137 Å². The van der Waals surface area contributed by atoms with Crippen molar-refractivity contribution in [3.05, 3.63) is 46.5 Å². The van der Waals surface area contributed by atoms with E-state index in [1.165, 1.54) is 12.1 Å². The van der Waals surface area contributed by atoms with E-state index >= 15 is 0 Å². The summed E-state index contributed by atoms with van der Waals surface area (Å²) in [5.74, 6) is -1.91. The minimum atomic E-state index is -3.07. The molecule has 1 unspecified atom stereocenters. The number of aromatic amines is 1. The second-order valence-corrected chi connectivity index (χ2v) is 5.38. The first-order valence-electron chi connectivity index (χ1n) is 7.32. The average molecular weight is 341 g/mol. The highest BCUT2D eigenvalue weighted by molar-refractivity contribution is 5.83. The van der Waals surface area contributed by atoms with Crippen molar-refractivity contribution in [1.82, 2.24) is 15.5 Å². The van der Waals surface area contributed by atoms with E-state index in [-0.39, 0.29) is 23.8 Å². The average Bonchev–Trinajstić information content (AvgIpc) is 2.84. The van der Waals surface area contributed by atoms with Gasteiger partial charge in [0.1, 0.15) is 11.6 Å². The van der Waals surface area contributed by atoms with Crippen molar-refractivity contribution in [2.45, 2.75) is 39.8 Å². The molecule has 0 bridgehead atoms. The molecule has 1 aromatic carbocycles. The fraction of sp³-hybridized carbons (Fsp3) is 0.375. The van der Waals surface area contributed by atoms with Gasteiger partial charge in [-0.3, -0.25) is 9.89 Å². The normalized spacial score (nSPS) is 12.3. The fourth-order valence-corrected chi connectivity index (χ4v) is 2.57. The molecule has 1 atom stereocenters. The first-order valence-corrected chi connectivity index (χ1v) is 7.32. The van der Waals surface area contributed by atoms with Gasteiger partial charge in [-0.05, 0) is 32.9 Å². The largest absolute Gasteiger partial charge is 0.434 e. The number of carbonyl (C=O) groups is 1. The molecular formula is C16H18F3N3O2. The molecule has 0 radical (unpaired) electrons. The van der Waals surface area contributed by atoms with Gasteiger partial charge in [0.25, 0.3) is 0 Å². The van der Waals surface area contributed by atoms with Crippen molar-refractivity contribution >= 4 is 5.91 Å². The second-order valence-electron chi connectivity index (χ2n) is 5.38. The number of halogens is 3. The van der Waals surface area contributed by atoms with E-state index in [0.29, 0.717) is 5.69 Å². The summed E-state index contributed by atoms with van der Waals surface area (Å²) in [5.41, 5.74) is 2.09. The molecule has 24 heavy (non-hydrogen) atoms. The topological polar surface area (TPSA) is 67.0 Å². The van der Waals surface area contributed by atoms with Crippen LogP contribution in [0.5, 0.6) is 5.75 Å². The maximum absolute atomic E-state index is 13.9. The van der Waals surface area contributed by atoms with Crippen LogP contribution in [0.4, 0.5) is 13.2 Å². The van der Waals surface area contributed by atoms with Gasteiger partial charge in [-0.25, -0.2) is 4.39 Å². The third-order valence-corrected chi connectivity index (χ3v) is 3.74. The van der Waals surface area contributed by atoms with E-state index in [4.69, 9.17) is 0 Å². The van der Waals surface area contributed by atoms with Gasteiger partial charge >= 0.3 is 6.61 Å². The minimum absolute atomic E-state index is 0.126. The van der Waals surface area contributed by atoms with E-state index in [1.807, 2.05) is 0 Å². The Balaban J connectivity index is 2.12. The Hall–Kier alpha value is -2.51. The number of amides is 1. The first kappa shape index (κ1) is 17.8. The van der Waals surface area contributed by atoms with Gasteiger partial charge in [-0.15, -0.1) is 0 Å². The summed E-state index contributed by atoms with van der Waals surface area (Å²) in [4.78, 5) is 12.3. The molecule has 1 amide bonds. The number of hydrogen-bond acceptors (Lipinski definition) is 3. The summed E-state index contributed by atoms with van der Waals surface area (Å²) in [6.45, 7) is 1.93. The van der Waals surface area contributed by atoms with Crippen LogP contribution in [0.15, 0.2) is 18.2 Å². The van der Waals surface area contributed by atoms with Crippen LogP contribution in [0.3, 0.4) is 0 Å². The Morgan fingerprint density at radius 3 is 2.67 bits per heavy atom. The van der Waals surface area contributed by atoms with Gasteiger partial charge in [-0.1, -0.05) is 6.07 Å². The zero-order chi connectivity index (χ0) is 17.9. The predicted molar refractivity (Wildman–Crippen MR) is 81.4 cm³/mol. The van der Waals surface area contributed by atoms with Crippen LogP contribution in [0, 0.1) is 19.7 Å². The Kier molecular flexibility index (Phi) is 5.48. The lowest BCUT2D eigenvalue weighted by molar-refractivity contribution is -0.122. The first-order chi connectivity index (χ1) is 11.3. The van der Waals surface area contributed by atoms with Gasteiger partial charge in [-0.2, -0.15) is 13.9 Å². The van der Waals surface area contributed by atoms with Crippen LogP contribution in [-0.2, 0) is 11.3 Å². The third-order valence-electron chi connectivity index (χ3n) is 3.74. The molecule has 0 aliphatic carbocycles. The molecule has 0 saturated heterocycles. The minimum Gasteiger partial charge on any atom is -0.434 e. The molecule has 8 heteroatoms. The maximum Gasteiger partial charge on any atom is 0.387 e. The van der Waals surface area contributed by atoms with Gasteiger partial charge < -0.3 is 10.1 Å². The van der Waals surface area contributed by atoms with Crippen LogP contribution in [0.2, 0.25) is 0 Å². The smallest absolute Gasteiger partial charge is 0.387 e. The number of ether oxygens (including phenoxy) is 1. The lowest BCUT2D eigenvalue weighted by Gasteiger charge is -2.15. The number of aromatic nitrogens is 2. The van der Waals surface area contributed by atoms with Gasteiger partial charge in [0, 0.05) is 23.4 Å². The summed E-state index contributed by atoms with van der Waals surface area (Å²) >= 11 is 0. The van der Waals surface area contributed by atoms with Crippen LogP contribution in [0.25, 0.3) is 0 Å². The summed E-state index contributed by atoms with van der Waals surface area (Å²) in [5, 5.41) is 9.37. The number of aryl methyl sites for hydroxylation is 2. The quantitative estimate of drug-likeness (QED) is 0.848. The van der Waals surface area contributed by atoms with Crippen molar-refractivity contribution in [1.29, 1.82) is 0 Å². The monoisotopic (exact) mass is 341 g/mol. The SMILES string of the molecule is Cc1n[nH]c(C)c1C(C)C(=O)NCc1c(F)cccc1OC(F)F. The number of hydrogen-bond donors (Lipinski definition) is 2. The van der Waals surface area contributed by atoms with Crippen molar-refractivity contribution in [3.8, 4) is 5.75 Å². The number of alkyl halides is 2. The van der Waals surface area contributed by atoms with Crippen molar-refractivity contribution in [3.63, 3.8) is 0 Å². The van der Waals surface area contributed by atoms with Crippen molar-refractivity contribution in [2.75, 3.05) is 0 Å². The van der Waals surface area contributed by atoms with E-state index in [9.17, 15) is 18.0 Å². The lowest BCUT2D eigenvalue weighted by Crippen LogP contribution is -2.28. The molecule has 0 aliphatic heterocycles. The molecule has 0 spiro atoms. The lowest BCUT2D eigenvalue weighted by atomic mass is 9.98. The molecule has 1 heterocycles. The predicted octanol–water partition coefficient (Wildman–Crippen LogP) is 3.19. The highest BCUT2D eigenvalue weighted by Crippen LogP contribution is 2.25. The molecule has 130 valence electrons. The van der Waals surface area contributed by atoms with Crippen LogP contribution >= 0.6 is 0 Å². The second kappa shape index (κ2) is 7.37. The van der Waals surface area contributed by atoms with Crippen LogP contribution in [-0.4, -0.2) is 22.7 Å². The Morgan fingerprint density at radius 2 is 2.08 bits per heavy atom. The summed E-state index contributed by atoms with van der Waals surface area (Å²) in [6, 6.07) is 3.61. The van der Waals surface area contributed by atoms with E-state index < -0.39 is 18.3 Å². The number of H-pyrrole nitrogens is 1. The number of rotatable bonds is 6. The molecule has 0 aliphatic rings.